The molecule has 0 saturated carbocycles. The Bertz CT molecular complexity index is 609. The van der Waals surface area contributed by atoms with Crippen molar-refractivity contribution in [1.82, 2.24) is 0 Å². The number of hydrogen-bond donors (Lipinski definition) is 0. The van der Waals surface area contributed by atoms with Crippen molar-refractivity contribution in [2.75, 3.05) is 6.61 Å². The Morgan fingerprint density at radius 1 is 0.793 bits per heavy atom. The predicted octanol–water partition coefficient (Wildman–Crippen LogP) is -10.5. The summed E-state index contributed by atoms with van der Waals surface area (Å²) in [5, 5.41) is -3.31. The molecule has 7 nitrogen and oxygen atoms in total. The number of allylic oxidation sites excluding steroid dienone is 4. The van der Waals surface area contributed by atoms with Crippen LogP contribution in [0.3, 0.4) is 0 Å². The molecule has 0 aliphatic heterocycles. The van der Waals surface area contributed by atoms with Gasteiger partial charge < -0.3 is 33.4 Å². The molecule has 0 aliphatic rings. The Hall–Kier alpha value is 3.48. The van der Waals surface area contributed by atoms with Gasteiger partial charge in [-0.25, -0.2) is 0 Å². The molecule has 0 rings (SSSR count). The van der Waals surface area contributed by atoms with Crippen LogP contribution in [-0.2, 0) is 13.9 Å². The topological polar surface area (TPSA) is 136 Å². The fraction of sp³-hybridized carbons (Fsp3) is 0.625. The minimum Gasteiger partial charge on any atom is -0.808 e. The first-order chi connectivity index (χ1) is 11.2. The van der Waals surface area contributed by atoms with Crippen molar-refractivity contribution < 1.29 is 152 Å². The van der Waals surface area contributed by atoms with Gasteiger partial charge >= 0.3 is 118 Å². The van der Waals surface area contributed by atoms with Gasteiger partial charge in [-0.1, -0.05) is 34.9 Å². The van der Waals surface area contributed by atoms with Gasteiger partial charge in [0, 0.05) is 6.42 Å². The van der Waals surface area contributed by atoms with E-state index in [2.05, 4.69) is 0 Å². The van der Waals surface area contributed by atoms with E-state index in [1.807, 2.05) is 19.9 Å². The van der Waals surface area contributed by atoms with E-state index in [1.165, 1.54) is 12.2 Å². The van der Waals surface area contributed by atoms with Crippen LogP contribution in [0.15, 0.2) is 34.9 Å². The summed E-state index contributed by atoms with van der Waals surface area (Å²) in [5.41, 5.74) is 2.54. The molecule has 0 bridgehead atoms. The summed E-state index contributed by atoms with van der Waals surface area (Å²) in [5.74, 6) is 0. The number of hydrogen-bond acceptors (Lipinski definition) is 7. The maximum atomic E-state index is 11.6. The molecule has 0 aliphatic carbocycles. The summed E-state index contributed by atoms with van der Waals surface area (Å²) in [6.45, 7) is 8.39. The van der Waals surface area contributed by atoms with Gasteiger partial charge in [0.25, 0.3) is 0 Å². The van der Waals surface area contributed by atoms with Gasteiger partial charge in [0.1, 0.15) is 5.08 Å². The molecule has 0 saturated heterocycles. The Morgan fingerprint density at radius 3 is 1.55 bits per heavy atom. The molecule has 0 spiro atoms. The van der Waals surface area contributed by atoms with E-state index in [0.717, 1.165) is 17.6 Å². The second-order valence-electron chi connectivity index (χ2n) is 6.41. The summed E-state index contributed by atoms with van der Waals surface area (Å²) in [6.07, 6.45) is 5.28. The van der Waals surface area contributed by atoms with E-state index in [-0.39, 0.29) is 118 Å². The van der Waals surface area contributed by atoms with Crippen LogP contribution in [-0.4, -0.2) is 11.7 Å². The van der Waals surface area contributed by atoms with Gasteiger partial charge in [0.2, 0.25) is 0 Å². The monoisotopic (exact) mass is 484 g/mol. The third kappa shape index (κ3) is 16.7. The number of ether oxygens (including phenoxy) is 1. The van der Waals surface area contributed by atoms with Crippen molar-refractivity contribution in [3.05, 3.63) is 34.9 Å². The van der Waals surface area contributed by atoms with E-state index >= 15 is 0 Å². The largest absolute Gasteiger partial charge is 1.00 e. The van der Waals surface area contributed by atoms with Crippen molar-refractivity contribution in [2.24, 2.45) is 0 Å². The van der Waals surface area contributed by atoms with Crippen LogP contribution in [0, 0.1) is 0 Å². The van der Waals surface area contributed by atoms with Gasteiger partial charge in [0.15, 0.2) is 0 Å². The van der Waals surface area contributed by atoms with E-state index in [9.17, 15) is 28.7 Å². The van der Waals surface area contributed by atoms with Crippen LogP contribution in [0.2, 0.25) is 0 Å². The van der Waals surface area contributed by atoms with Gasteiger partial charge in [0.05, 0.1) is 6.61 Å². The SMILES string of the molecule is CC(C)=CCC/C(C)=C/COC(CC=C(C)C)(P(=O)([O-])[O-])P(=O)([O-])[O-].[Na+].[Na+].[Na+].[Na+]. The van der Waals surface area contributed by atoms with Crippen LogP contribution in [0.5, 0.6) is 0 Å². The molecular formula is C16H26Na4O7P2. The maximum absolute atomic E-state index is 11.6. The maximum Gasteiger partial charge on any atom is 1.00 e. The third-order valence-electron chi connectivity index (χ3n) is 3.47. The van der Waals surface area contributed by atoms with Gasteiger partial charge in [-0.15, -0.1) is 0 Å². The summed E-state index contributed by atoms with van der Waals surface area (Å²) < 4.78 is 28.0. The molecule has 0 radical (unpaired) electrons. The van der Waals surface area contributed by atoms with E-state index in [0.29, 0.717) is 12.0 Å². The first kappa shape index (κ1) is 42.6. The van der Waals surface area contributed by atoms with Crippen LogP contribution in [0.1, 0.15) is 53.9 Å². The minimum atomic E-state index is -5.87. The van der Waals surface area contributed by atoms with Gasteiger partial charge in [-0.3, -0.25) is 0 Å². The Balaban J connectivity index is -0.000000480. The molecule has 0 unspecified atom stereocenters. The molecule has 0 atom stereocenters. The number of rotatable bonds is 10. The molecule has 13 heteroatoms. The fourth-order valence-corrected chi connectivity index (χ4v) is 4.23. The van der Waals surface area contributed by atoms with Crippen LogP contribution >= 0.6 is 15.2 Å². The van der Waals surface area contributed by atoms with Crippen molar-refractivity contribution in [3.8, 4) is 0 Å². The molecule has 29 heavy (non-hydrogen) atoms. The van der Waals surface area contributed by atoms with Crippen molar-refractivity contribution in [3.63, 3.8) is 0 Å². The van der Waals surface area contributed by atoms with Crippen LogP contribution in [0.25, 0.3) is 0 Å². The van der Waals surface area contributed by atoms with Gasteiger partial charge in [-0.2, -0.15) is 0 Å². The van der Waals surface area contributed by atoms with Gasteiger partial charge in [-0.05, 0) is 62.7 Å². The second-order valence-corrected chi connectivity index (χ2v) is 10.2. The average molecular weight is 484 g/mol. The third-order valence-corrected chi connectivity index (χ3v) is 7.27. The average Bonchev–Trinajstić information content (AvgIpc) is 2.38. The first-order valence-electron chi connectivity index (χ1n) is 7.83. The fourth-order valence-electron chi connectivity index (χ4n) is 1.94. The van der Waals surface area contributed by atoms with Crippen molar-refractivity contribution >= 4 is 15.2 Å². The normalized spacial score (nSPS) is 11.7. The van der Waals surface area contributed by atoms with Crippen LogP contribution < -0.4 is 138 Å². The Morgan fingerprint density at radius 2 is 1.21 bits per heavy atom. The molecule has 0 aromatic carbocycles. The Kier molecular flexibility index (Phi) is 29.0. The molecule has 0 amide bonds. The molecule has 0 N–H and O–H groups in total. The van der Waals surface area contributed by atoms with Crippen molar-refractivity contribution in [2.45, 2.75) is 59.0 Å². The Labute approximate surface area is 263 Å². The summed E-state index contributed by atoms with van der Waals surface area (Å²) >= 11 is 0. The smallest absolute Gasteiger partial charge is 0.808 e. The van der Waals surface area contributed by atoms with Crippen LogP contribution in [0.4, 0.5) is 0 Å². The summed E-state index contributed by atoms with van der Waals surface area (Å²) in [6, 6.07) is 0. The predicted molar refractivity (Wildman–Crippen MR) is 90.4 cm³/mol. The standard InChI is InChI=1S/C16H30O7P2.4Na/c1-13(2)7-6-8-15(5)10-12-23-16(24(17,18)19,25(20,21)22)11-9-14(3)4;;;;/h7,9-10H,6,8,11-12H2,1-5H3,(H2,17,18,19)(H2,20,21,22);;;;/q;4*+1/p-4/b15-10+;;;;. The first-order valence-corrected chi connectivity index (χ1v) is 10.9. The zero-order valence-electron chi connectivity index (χ0n) is 19.3. The summed E-state index contributed by atoms with van der Waals surface area (Å²) in [4.78, 5) is 46.2. The van der Waals surface area contributed by atoms with Crippen molar-refractivity contribution in [1.29, 1.82) is 0 Å². The molecule has 0 aromatic rings. The second kappa shape index (κ2) is 19.8. The van der Waals surface area contributed by atoms with E-state index in [4.69, 9.17) is 4.74 Å². The molecular weight excluding hydrogens is 458 g/mol. The zero-order chi connectivity index (χ0) is 19.9. The minimum absolute atomic E-state index is 0. The molecule has 146 valence electrons. The van der Waals surface area contributed by atoms with E-state index in [1.54, 1.807) is 20.8 Å². The zero-order valence-corrected chi connectivity index (χ0v) is 29.1. The molecule has 0 fully saturated rings. The molecule has 0 aromatic heterocycles. The molecule has 0 heterocycles. The quantitative estimate of drug-likeness (QED) is 0.171. The summed E-state index contributed by atoms with van der Waals surface area (Å²) in [7, 11) is -11.7. The van der Waals surface area contributed by atoms with E-state index < -0.39 is 33.3 Å².